The van der Waals surface area contributed by atoms with Gasteiger partial charge in [-0.1, -0.05) is 29.3 Å². The Hall–Kier alpha value is -0.280. The zero-order valence-electron chi connectivity index (χ0n) is 9.16. The summed E-state index contributed by atoms with van der Waals surface area (Å²) in [6.07, 6.45) is 0.613. The van der Waals surface area contributed by atoms with Crippen molar-refractivity contribution in [2.45, 2.75) is 12.5 Å². The highest BCUT2D eigenvalue weighted by Gasteiger charge is 2.28. The number of benzene rings is 1. The quantitative estimate of drug-likeness (QED) is 0.882. The number of hydrogen-bond donors (Lipinski definition) is 1. The summed E-state index contributed by atoms with van der Waals surface area (Å²) in [4.78, 5) is 2.15. The van der Waals surface area contributed by atoms with E-state index in [0.29, 0.717) is 16.0 Å². The van der Waals surface area contributed by atoms with E-state index in [1.165, 1.54) is 0 Å². The second-order valence-corrected chi connectivity index (χ2v) is 5.32. The number of β-amino-alcohol motifs (C(OH)–C–C–N with tert-alkyl or cyclic N) is 1. The van der Waals surface area contributed by atoms with Crippen molar-refractivity contribution >= 4 is 23.2 Å². The van der Waals surface area contributed by atoms with Crippen molar-refractivity contribution in [2.24, 2.45) is 5.92 Å². The second-order valence-electron chi connectivity index (χ2n) is 4.50. The Morgan fingerprint density at radius 2 is 2.06 bits per heavy atom. The number of rotatable bonds is 2. The molecular formula is C12H15Cl2NO. The van der Waals surface area contributed by atoms with Crippen molar-refractivity contribution < 1.29 is 5.11 Å². The van der Waals surface area contributed by atoms with Gasteiger partial charge in [0, 0.05) is 19.0 Å². The summed E-state index contributed by atoms with van der Waals surface area (Å²) in [5, 5.41) is 11.0. The van der Waals surface area contributed by atoms with Crippen molar-refractivity contribution in [1.29, 1.82) is 0 Å². The number of likely N-dealkylation sites (N-methyl/N-ethyl adjacent to an activating group) is 1. The molecule has 1 aliphatic rings. The normalized spacial score (nSPS) is 26.2. The Bertz CT molecular complexity index is 383. The van der Waals surface area contributed by atoms with Crippen molar-refractivity contribution in [3.05, 3.63) is 33.8 Å². The highest BCUT2D eigenvalue weighted by atomic mass is 35.5. The number of likely N-dealkylation sites (tertiary alicyclic amines) is 1. The molecule has 2 rings (SSSR count). The maximum atomic E-state index is 9.84. The van der Waals surface area contributed by atoms with Crippen LogP contribution in [0.2, 0.25) is 10.0 Å². The molecule has 2 nitrogen and oxygen atoms in total. The van der Waals surface area contributed by atoms with Gasteiger partial charge in [-0.25, -0.2) is 0 Å². The van der Waals surface area contributed by atoms with Crippen LogP contribution >= 0.6 is 23.2 Å². The van der Waals surface area contributed by atoms with Gasteiger partial charge >= 0.3 is 0 Å². The molecule has 0 aliphatic carbocycles. The number of hydrogen-bond acceptors (Lipinski definition) is 2. The molecule has 0 amide bonds. The fourth-order valence-electron chi connectivity index (χ4n) is 2.23. The third kappa shape index (κ3) is 2.69. The van der Waals surface area contributed by atoms with E-state index in [1.54, 1.807) is 0 Å². The first-order valence-electron chi connectivity index (χ1n) is 5.37. The van der Waals surface area contributed by atoms with E-state index in [-0.39, 0.29) is 6.10 Å². The molecule has 1 unspecified atom stereocenters. The molecule has 0 bridgehead atoms. The summed E-state index contributed by atoms with van der Waals surface area (Å²) in [6.45, 7) is 1.69. The van der Waals surface area contributed by atoms with Crippen LogP contribution in [0.1, 0.15) is 5.56 Å². The van der Waals surface area contributed by atoms with Gasteiger partial charge in [0.15, 0.2) is 0 Å². The average Bonchev–Trinajstić information content (AvgIpc) is 2.51. The molecule has 0 radical (unpaired) electrons. The van der Waals surface area contributed by atoms with Crippen LogP contribution < -0.4 is 0 Å². The lowest BCUT2D eigenvalue weighted by atomic mass is 9.97. The van der Waals surface area contributed by atoms with Crippen LogP contribution in [0.5, 0.6) is 0 Å². The molecule has 0 aromatic heterocycles. The zero-order valence-corrected chi connectivity index (χ0v) is 10.7. The third-order valence-corrected chi connectivity index (χ3v) is 3.81. The smallest absolute Gasteiger partial charge is 0.0710 e. The highest BCUT2D eigenvalue weighted by Crippen LogP contribution is 2.26. The van der Waals surface area contributed by atoms with Crippen LogP contribution in [0.3, 0.4) is 0 Å². The first-order chi connectivity index (χ1) is 7.56. The fourth-order valence-corrected chi connectivity index (χ4v) is 2.56. The van der Waals surface area contributed by atoms with Gasteiger partial charge in [0.1, 0.15) is 0 Å². The molecule has 1 fully saturated rings. The van der Waals surface area contributed by atoms with Gasteiger partial charge in [0.05, 0.1) is 16.1 Å². The third-order valence-electron chi connectivity index (χ3n) is 3.07. The standard InChI is InChI=1S/C12H15Cl2NO/c1-15-6-9(12(16)7-15)4-8-2-3-10(13)11(14)5-8/h2-3,5,9,12,16H,4,6-7H2,1H3/t9?,12-/m1/s1. The minimum Gasteiger partial charge on any atom is -0.391 e. The zero-order chi connectivity index (χ0) is 11.7. The molecule has 0 saturated carbocycles. The van der Waals surface area contributed by atoms with Gasteiger partial charge in [-0.05, 0) is 31.2 Å². The van der Waals surface area contributed by atoms with E-state index < -0.39 is 0 Å². The van der Waals surface area contributed by atoms with Crippen molar-refractivity contribution in [3.63, 3.8) is 0 Å². The Morgan fingerprint density at radius 1 is 1.31 bits per heavy atom. The summed E-state index contributed by atoms with van der Waals surface area (Å²) in [7, 11) is 2.03. The summed E-state index contributed by atoms with van der Waals surface area (Å²) < 4.78 is 0. The lowest BCUT2D eigenvalue weighted by Crippen LogP contribution is -2.19. The first-order valence-corrected chi connectivity index (χ1v) is 6.12. The number of aliphatic hydroxyl groups is 1. The Kier molecular flexibility index (Phi) is 3.75. The maximum Gasteiger partial charge on any atom is 0.0710 e. The van der Waals surface area contributed by atoms with Gasteiger partial charge in [-0.3, -0.25) is 0 Å². The SMILES string of the molecule is CN1CC(Cc2ccc(Cl)c(Cl)c2)[C@H](O)C1. The van der Waals surface area contributed by atoms with E-state index in [2.05, 4.69) is 4.90 Å². The van der Waals surface area contributed by atoms with Crippen molar-refractivity contribution in [3.8, 4) is 0 Å². The van der Waals surface area contributed by atoms with Crippen LogP contribution in [0.15, 0.2) is 18.2 Å². The van der Waals surface area contributed by atoms with Gasteiger partial charge in [0.2, 0.25) is 0 Å². The van der Waals surface area contributed by atoms with Crippen molar-refractivity contribution in [1.82, 2.24) is 4.90 Å². The predicted molar refractivity (Wildman–Crippen MR) is 67.2 cm³/mol. The molecule has 1 aliphatic heterocycles. The van der Waals surface area contributed by atoms with E-state index in [9.17, 15) is 5.11 Å². The lowest BCUT2D eigenvalue weighted by Gasteiger charge is -2.13. The van der Waals surface area contributed by atoms with Crippen LogP contribution in [-0.2, 0) is 6.42 Å². The predicted octanol–water partition coefficient (Wildman–Crippen LogP) is 2.46. The Morgan fingerprint density at radius 3 is 2.62 bits per heavy atom. The van der Waals surface area contributed by atoms with Gasteiger partial charge < -0.3 is 10.0 Å². The minimum absolute atomic E-state index is 0.237. The molecule has 16 heavy (non-hydrogen) atoms. The molecule has 88 valence electrons. The van der Waals surface area contributed by atoms with Crippen LogP contribution in [0.25, 0.3) is 0 Å². The fraction of sp³-hybridized carbons (Fsp3) is 0.500. The molecule has 0 spiro atoms. The lowest BCUT2D eigenvalue weighted by molar-refractivity contribution is 0.143. The van der Waals surface area contributed by atoms with Crippen LogP contribution in [-0.4, -0.2) is 36.2 Å². The van der Waals surface area contributed by atoms with E-state index in [1.807, 2.05) is 25.2 Å². The average molecular weight is 260 g/mol. The number of halogens is 2. The molecule has 1 heterocycles. The monoisotopic (exact) mass is 259 g/mol. The van der Waals surface area contributed by atoms with Gasteiger partial charge in [-0.15, -0.1) is 0 Å². The largest absolute Gasteiger partial charge is 0.391 e. The van der Waals surface area contributed by atoms with Crippen LogP contribution in [0, 0.1) is 5.92 Å². The topological polar surface area (TPSA) is 23.5 Å². The number of aliphatic hydroxyl groups excluding tert-OH is 1. The summed E-state index contributed by atoms with van der Waals surface area (Å²) in [5.74, 6) is 0.294. The molecule has 1 saturated heterocycles. The molecule has 1 N–H and O–H groups in total. The van der Waals surface area contributed by atoms with E-state index in [4.69, 9.17) is 23.2 Å². The van der Waals surface area contributed by atoms with Gasteiger partial charge in [0.25, 0.3) is 0 Å². The number of nitrogens with zero attached hydrogens (tertiary/aromatic N) is 1. The summed E-state index contributed by atoms with van der Waals surface area (Å²) in [6, 6.07) is 5.67. The molecule has 1 aromatic rings. The highest BCUT2D eigenvalue weighted by molar-refractivity contribution is 6.42. The maximum absolute atomic E-state index is 9.84. The Balaban J connectivity index is 2.06. The Labute approximate surface area is 106 Å². The summed E-state index contributed by atoms with van der Waals surface area (Å²) in [5.41, 5.74) is 1.13. The molecule has 2 atom stereocenters. The summed E-state index contributed by atoms with van der Waals surface area (Å²) >= 11 is 11.8. The van der Waals surface area contributed by atoms with E-state index >= 15 is 0 Å². The minimum atomic E-state index is -0.237. The van der Waals surface area contributed by atoms with Crippen molar-refractivity contribution in [2.75, 3.05) is 20.1 Å². The first kappa shape index (κ1) is 12.2. The molecule has 1 aromatic carbocycles. The van der Waals surface area contributed by atoms with Crippen LogP contribution in [0.4, 0.5) is 0 Å². The molecule has 4 heteroatoms. The second kappa shape index (κ2) is 4.92. The van der Waals surface area contributed by atoms with E-state index in [0.717, 1.165) is 25.1 Å². The molecular weight excluding hydrogens is 245 g/mol. The van der Waals surface area contributed by atoms with Gasteiger partial charge in [-0.2, -0.15) is 0 Å².